The van der Waals surface area contributed by atoms with E-state index in [0.29, 0.717) is 0 Å². The summed E-state index contributed by atoms with van der Waals surface area (Å²) in [6.45, 7) is 0. The summed E-state index contributed by atoms with van der Waals surface area (Å²) in [6.07, 6.45) is 1.79. The summed E-state index contributed by atoms with van der Waals surface area (Å²) >= 11 is 7.64. The van der Waals surface area contributed by atoms with Crippen LogP contribution in [0.15, 0.2) is 46.5 Å². The number of halogens is 1. The predicted octanol–water partition coefficient (Wildman–Crippen LogP) is 3.81. The molecule has 5 heteroatoms. The summed E-state index contributed by atoms with van der Waals surface area (Å²) < 4.78 is 0. The van der Waals surface area contributed by atoms with Gasteiger partial charge in [0.05, 0.1) is 11.2 Å². The summed E-state index contributed by atoms with van der Waals surface area (Å²) in [5, 5.41) is 2.30. The molecule has 1 aromatic carbocycles. The molecule has 4 rings (SSSR count). The van der Waals surface area contributed by atoms with Gasteiger partial charge in [0.1, 0.15) is 5.03 Å². The van der Waals surface area contributed by atoms with E-state index < -0.39 is 0 Å². The Balaban J connectivity index is 2.22. The van der Waals surface area contributed by atoms with Crippen LogP contribution in [0, 0.1) is 0 Å². The summed E-state index contributed by atoms with van der Waals surface area (Å²) in [6, 6.07) is 9.92. The zero-order valence-electron chi connectivity index (χ0n) is 9.09. The Kier molecular flexibility index (Phi) is 2.10. The zero-order valence-corrected chi connectivity index (χ0v) is 10.7. The van der Waals surface area contributed by atoms with Gasteiger partial charge in [0.2, 0.25) is 5.28 Å². The minimum atomic E-state index is 0.274. The molecule has 0 aliphatic carbocycles. The third kappa shape index (κ3) is 1.36. The number of fused-ring (bicyclic) bond motifs is 2. The number of nitrogens with zero attached hydrogens (tertiary/aromatic N) is 3. The van der Waals surface area contributed by atoms with Gasteiger partial charge in [-0.2, -0.15) is 0 Å². The number of benzene rings is 1. The monoisotopic (exact) mass is 271 g/mol. The molecule has 3 heterocycles. The number of hydrogen-bond acceptors (Lipinski definition) is 4. The predicted molar refractivity (Wildman–Crippen MR) is 71.9 cm³/mol. The third-order valence-corrected chi connectivity index (χ3v) is 4.14. The molecule has 0 saturated carbocycles. The molecular weight excluding hydrogens is 266 g/mol. The molecule has 18 heavy (non-hydrogen) atoms. The van der Waals surface area contributed by atoms with Gasteiger partial charge in [-0.1, -0.05) is 17.8 Å². The Morgan fingerprint density at radius 2 is 2.00 bits per heavy atom. The maximum absolute atomic E-state index is 6.00. The third-order valence-electron chi connectivity index (χ3n) is 2.89. The van der Waals surface area contributed by atoms with E-state index in [2.05, 4.69) is 21.0 Å². The van der Waals surface area contributed by atoms with E-state index in [1.165, 1.54) is 0 Å². The van der Waals surface area contributed by atoms with E-state index in [-0.39, 0.29) is 5.28 Å². The molecule has 0 N–H and O–H groups in total. The fourth-order valence-electron chi connectivity index (χ4n) is 2.16. The van der Waals surface area contributed by atoms with Gasteiger partial charge < -0.3 is 0 Å². The van der Waals surface area contributed by atoms with Gasteiger partial charge in [0, 0.05) is 22.0 Å². The smallest absolute Gasteiger partial charge is 0.223 e. The molecule has 0 spiro atoms. The molecule has 1 aliphatic rings. The van der Waals surface area contributed by atoms with Crippen LogP contribution in [0.5, 0.6) is 0 Å². The van der Waals surface area contributed by atoms with Crippen molar-refractivity contribution in [1.82, 2.24) is 15.0 Å². The molecule has 0 unspecified atom stereocenters. The molecule has 3 aromatic rings. The molecule has 86 valence electrons. The second-order valence-corrected chi connectivity index (χ2v) is 5.32. The van der Waals surface area contributed by atoms with Gasteiger partial charge in [-0.3, -0.25) is 0 Å². The SMILES string of the molecule is Clc1nc2c3c(cccc3n1)Sc1ncccc1-2. The molecule has 0 atom stereocenters. The van der Waals surface area contributed by atoms with E-state index in [4.69, 9.17) is 11.6 Å². The van der Waals surface area contributed by atoms with Crippen LogP contribution < -0.4 is 0 Å². The van der Waals surface area contributed by atoms with Gasteiger partial charge in [-0.15, -0.1) is 0 Å². The lowest BCUT2D eigenvalue weighted by Gasteiger charge is -2.17. The lowest BCUT2D eigenvalue weighted by molar-refractivity contribution is 1.11. The first-order chi connectivity index (χ1) is 8.83. The van der Waals surface area contributed by atoms with Gasteiger partial charge in [0.15, 0.2) is 0 Å². The standard InChI is InChI=1S/C13H6ClN3S/c14-13-16-8-4-1-5-9-10(8)11(17-13)7-3-2-6-15-12(7)18-9/h1-6H. The first kappa shape index (κ1) is 10.3. The quantitative estimate of drug-likeness (QED) is 0.456. The van der Waals surface area contributed by atoms with Crippen LogP contribution in [0.3, 0.4) is 0 Å². The minimum Gasteiger partial charge on any atom is -0.249 e. The molecule has 0 bridgehead atoms. The van der Waals surface area contributed by atoms with Crippen LogP contribution in [0.4, 0.5) is 0 Å². The summed E-state index contributed by atoms with van der Waals surface area (Å²) in [7, 11) is 0. The lowest BCUT2D eigenvalue weighted by Crippen LogP contribution is -1.99. The Hall–Kier alpha value is -1.65. The van der Waals surface area contributed by atoms with Crippen LogP contribution in [0.2, 0.25) is 5.28 Å². The Morgan fingerprint density at radius 1 is 1.06 bits per heavy atom. The number of rotatable bonds is 0. The van der Waals surface area contributed by atoms with Crippen molar-refractivity contribution in [3.05, 3.63) is 41.8 Å². The van der Waals surface area contributed by atoms with Crippen molar-refractivity contribution in [2.45, 2.75) is 9.92 Å². The van der Waals surface area contributed by atoms with Gasteiger partial charge >= 0.3 is 0 Å². The van der Waals surface area contributed by atoms with Crippen molar-refractivity contribution in [3.63, 3.8) is 0 Å². The zero-order chi connectivity index (χ0) is 12.1. The van der Waals surface area contributed by atoms with Crippen molar-refractivity contribution in [2.24, 2.45) is 0 Å². The van der Waals surface area contributed by atoms with Crippen molar-refractivity contribution < 1.29 is 0 Å². The Morgan fingerprint density at radius 3 is 2.94 bits per heavy atom. The van der Waals surface area contributed by atoms with Crippen molar-refractivity contribution >= 4 is 34.3 Å². The summed E-state index contributed by atoms with van der Waals surface area (Å²) in [4.78, 5) is 14.2. The minimum absolute atomic E-state index is 0.274. The highest BCUT2D eigenvalue weighted by Gasteiger charge is 2.21. The van der Waals surface area contributed by atoms with Crippen LogP contribution in [-0.2, 0) is 0 Å². The van der Waals surface area contributed by atoms with Crippen molar-refractivity contribution in [1.29, 1.82) is 0 Å². The maximum atomic E-state index is 6.00. The molecule has 0 amide bonds. The molecule has 0 saturated heterocycles. The lowest BCUT2D eigenvalue weighted by atomic mass is 10.1. The second kappa shape index (κ2) is 3.67. The first-order valence-corrected chi connectivity index (χ1v) is 6.62. The first-order valence-electron chi connectivity index (χ1n) is 5.42. The summed E-state index contributed by atoms with van der Waals surface area (Å²) in [5.41, 5.74) is 2.78. The van der Waals surface area contributed by atoms with Gasteiger partial charge in [0.25, 0.3) is 0 Å². The average molecular weight is 272 g/mol. The van der Waals surface area contributed by atoms with Crippen LogP contribution >= 0.6 is 23.4 Å². The molecular formula is C13H6ClN3S. The number of aromatic nitrogens is 3. The molecule has 3 nitrogen and oxygen atoms in total. The van der Waals surface area contributed by atoms with Crippen molar-refractivity contribution in [3.8, 4) is 11.3 Å². The molecule has 1 aliphatic heterocycles. The van der Waals surface area contributed by atoms with E-state index in [9.17, 15) is 0 Å². The number of pyridine rings is 1. The van der Waals surface area contributed by atoms with Crippen molar-refractivity contribution in [2.75, 3.05) is 0 Å². The number of hydrogen-bond donors (Lipinski definition) is 0. The van der Waals surface area contributed by atoms with Crippen LogP contribution in [-0.4, -0.2) is 15.0 Å². The second-order valence-electron chi connectivity index (χ2n) is 3.95. The highest BCUT2D eigenvalue weighted by molar-refractivity contribution is 7.99. The van der Waals surface area contributed by atoms with E-state index in [0.717, 1.165) is 32.1 Å². The normalized spacial score (nSPS) is 12.5. The topological polar surface area (TPSA) is 38.7 Å². The van der Waals surface area contributed by atoms with Gasteiger partial charge in [-0.25, -0.2) is 15.0 Å². The highest BCUT2D eigenvalue weighted by atomic mass is 35.5. The largest absolute Gasteiger partial charge is 0.249 e. The molecule has 0 fully saturated rings. The molecule has 0 radical (unpaired) electrons. The maximum Gasteiger partial charge on any atom is 0.223 e. The fraction of sp³-hybridized carbons (Fsp3) is 0. The van der Waals surface area contributed by atoms with Crippen LogP contribution in [0.25, 0.3) is 22.2 Å². The fourth-order valence-corrected chi connectivity index (χ4v) is 3.38. The van der Waals surface area contributed by atoms with E-state index in [1.54, 1.807) is 18.0 Å². The Bertz CT molecular complexity index is 788. The summed E-state index contributed by atoms with van der Waals surface area (Å²) in [5.74, 6) is 0. The van der Waals surface area contributed by atoms with E-state index >= 15 is 0 Å². The highest BCUT2D eigenvalue weighted by Crippen LogP contribution is 2.45. The average Bonchev–Trinajstić information content (AvgIpc) is 2.38. The van der Waals surface area contributed by atoms with Gasteiger partial charge in [-0.05, 0) is 35.9 Å². The van der Waals surface area contributed by atoms with E-state index in [1.807, 2.05) is 24.3 Å². The Labute approximate surface area is 112 Å². The van der Waals surface area contributed by atoms with Crippen LogP contribution in [0.1, 0.15) is 0 Å². The molecule has 2 aromatic heterocycles.